The van der Waals surface area contributed by atoms with Gasteiger partial charge in [0.1, 0.15) is 0 Å². The molecule has 0 aliphatic heterocycles. The van der Waals surface area contributed by atoms with E-state index in [1.165, 1.54) is 19.3 Å². The molecule has 0 saturated carbocycles. The Morgan fingerprint density at radius 2 is 1.16 bits per heavy atom. The van der Waals surface area contributed by atoms with E-state index in [-0.39, 0.29) is 0 Å². The normalized spacial score (nSPS) is 12.7. The van der Waals surface area contributed by atoms with Crippen LogP contribution in [0.15, 0.2) is 48.6 Å². The van der Waals surface area contributed by atoms with Crippen LogP contribution < -0.4 is 5.73 Å². The maximum absolute atomic E-state index is 5.45. The summed E-state index contributed by atoms with van der Waals surface area (Å²) in [7, 11) is 0. The zero-order valence-corrected chi connectivity index (χ0v) is 12.6. The minimum atomic E-state index is 0.828. The smallest absolute Gasteiger partial charge is 0.00773 e. The van der Waals surface area contributed by atoms with Gasteiger partial charge in [-0.25, -0.2) is 0 Å². The second-order valence-corrected chi connectivity index (χ2v) is 4.64. The zero-order valence-electron chi connectivity index (χ0n) is 12.6. The second-order valence-electron chi connectivity index (χ2n) is 4.64. The highest BCUT2D eigenvalue weighted by Crippen LogP contribution is 2.00. The van der Waals surface area contributed by atoms with E-state index in [0.717, 1.165) is 38.6 Å². The number of allylic oxidation sites excluding steroid dienone is 8. The largest absolute Gasteiger partial charge is 0.330 e. The molecule has 0 amide bonds. The molecule has 2 N–H and O–H groups in total. The van der Waals surface area contributed by atoms with Crippen molar-refractivity contribution in [2.24, 2.45) is 5.73 Å². The number of hydrogen-bond acceptors (Lipinski definition) is 1. The minimum Gasteiger partial charge on any atom is -0.330 e. The first-order valence-corrected chi connectivity index (χ1v) is 7.71. The first-order chi connectivity index (χ1) is 9.41. The molecule has 108 valence electrons. The Hall–Kier alpha value is -1.08. The third-order valence-electron chi connectivity index (χ3n) is 2.79. The monoisotopic (exact) mass is 261 g/mol. The fourth-order valence-corrected chi connectivity index (χ4v) is 1.68. The van der Waals surface area contributed by atoms with Crippen molar-refractivity contribution in [1.29, 1.82) is 0 Å². The Balaban J connectivity index is 3.33. The molecule has 0 heterocycles. The molecule has 0 rings (SSSR count). The SMILES string of the molecule is CCC=CCC=CCC=CCC=CCCCCCN. The summed E-state index contributed by atoms with van der Waals surface area (Å²) in [5, 5.41) is 0. The van der Waals surface area contributed by atoms with E-state index in [2.05, 4.69) is 55.5 Å². The number of rotatable bonds is 12. The van der Waals surface area contributed by atoms with Crippen LogP contribution >= 0.6 is 0 Å². The van der Waals surface area contributed by atoms with Gasteiger partial charge in [0.05, 0.1) is 0 Å². The van der Waals surface area contributed by atoms with Gasteiger partial charge in [0, 0.05) is 0 Å². The van der Waals surface area contributed by atoms with Gasteiger partial charge < -0.3 is 5.73 Å². The van der Waals surface area contributed by atoms with E-state index in [9.17, 15) is 0 Å². The van der Waals surface area contributed by atoms with Crippen LogP contribution in [0.2, 0.25) is 0 Å². The van der Waals surface area contributed by atoms with Crippen LogP contribution in [0.25, 0.3) is 0 Å². The van der Waals surface area contributed by atoms with Gasteiger partial charge in [-0.05, 0) is 51.5 Å². The Morgan fingerprint density at radius 3 is 1.68 bits per heavy atom. The van der Waals surface area contributed by atoms with E-state index in [4.69, 9.17) is 5.73 Å². The van der Waals surface area contributed by atoms with E-state index in [1.54, 1.807) is 0 Å². The Bertz CT molecular complexity index is 271. The quantitative estimate of drug-likeness (QED) is 0.374. The Labute approximate surface area is 120 Å². The van der Waals surface area contributed by atoms with Crippen molar-refractivity contribution < 1.29 is 0 Å². The van der Waals surface area contributed by atoms with Crippen LogP contribution in [0.5, 0.6) is 0 Å². The lowest BCUT2D eigenvalue weighted by Crippen LogP contribution is -1.97. The molecule has 0 aliphatic rings. The summed E-state index contributed by atoms with van der Waals surface area (Å²) in [5.74, 6) is 0. The molecule has 0 aromatic carbocycles. The maximum atomic E-state index is 5.45. The molecule has 0 atom stereocenters. The Kier molecular flexibility index (Phi) is 16.0. The average molecular weight is 261 g/mol. The number of nitrogens with two attached hydrogens (primary N) is 1. The third kappa shape index (κ3) is 16.9. The first-order valence-electron chi connectivity index (χ1n) is 7.71. The molecule has 0 radical (unpaired) electrons. The van der Waals surface area contributed by atoms with Gasteiger partial charge in [-0.3, -0.25) is 0 Å². The van der Waals surface area contributed by atoms with E-state index >= 15 is 0 Å². The highest BCUT2D eigenvalue weighted by atomic mass is 14.5. The summed E-state index contributed by atoms with van der Waals surface area (Å²) in [6, 6.07) is 0. The molecule has 0 spiro atoms. The number of unbranched alkanes of at least 4 members (excludes halogenated alkanes) is 3. The minimum absolute atomic E-state index is 0.828. The predicted molar refractivity (Wildman–Crippen MR) is 88.2 cm³/mol. The Morgan fingerprint density at radius 1 is 0.632 bits per heavy atom. The molecule has 1 heteroatoms. The van der Waals surface area contributed by atoms with Crippen LogP contribution in [0, 0.1) is 0 Å². The van der Waals surface area contributed by atoms with Crippen molar-refractivity contribution in [2.75, 3.05) is 6.54 Å². The molecule has 0 fully saturated rings. The fourth-order valence-electron chi connectivity index (χ4n) is 1.68. The van der Waals surface area contributed by atoms with Crippen molar-refractivity contribution in [1.82, 2.24) is 0 Å². The third-order valence-corrected chi connectivity index (χ3v) is 2.79. The molecule has 0 saturated heterocycles. The molecular weight excluding hydrogens is 230 g/mol. The predicted octanol–water partition coefficient (Wildman–Crippen LogP) is 5.31. The lowest BCUT2D eigenvalue weighted by Gasteiger charge is -1.93. The first kappa shape index (κ1) is 17.9. The summed E-state index contributed by atoms with van der Waals surface area (Å²) in [5.41, 5.74) is 5.45. The molecular formula is C18H31N. The average Bonchev–Trinajstić information content (AvgIpc) is 2.43. The van der Waals surface area contributed by atoms with Gasteiger partial charge in [-0.2, -0.15) is 0 Å². The highest BCUT2D eigenvalue weighted by molar-refractivity contribution is 4.99. The summed E-state index contributed by atoms with van der Waals surface area (Å²) >= 11 is 0. The summed E-state index contributed by atoms with van der Waals surface area (Å²) in [4.78, 5) is 0. The van der Waals surface area contributed by atoms with Crippen LogP contribution in [0.1, 0.15) is 58.3 Å². The lowest BCUT2D eigenvalue weighted by molar-refractivity contribution is 0.695. The van der Waals surface area contributed by atoms with Crippen molar-refractivity contribution in [3.8, 4) is 0 Å². The standard InChI is InChI=1S/C18H31N/c1-2-3-4-5-6-7-8-9-10-11-12-13-14-15-16-17-18-19/h3-4,6-7,9-10,12-13H,2,5,8,11,14-19H2,1H3. The second kappa shape index (κ2) is 16.9. The van der Waals surface area contributed by atoms with Gasteiger partial charge in [-0.1, -0.05) is 62.0 Å². The van der Waals surface area contributed by atoms with Gasteiger partial charge in [-0.15, -0.1) is 0 Å². The van der Waals surface area contributed by atoms with Gasteiger partial charge in [0.2, 0.25) is 0 Å². The van der Waals surface area contributed by atoms with Crippen molar-refractivity contribution in [3.63, 3.8) is 0 Å². The lowest BCUT2D eigenvalue weighted by atomic mass is 10.2. The maximum Gasteiger partial charge on any atom is -0.00773 e. The topological polar surface area (TPSA) is 26.0 Å². The highest BCUT2D eigenvalue weighted by Gasteiger charge is 1.83. The van der Waals surface area contributed by atoms with E-state index < -0.39 is 0 Å². The van der Waals surface area contributed by atoms with Gasteiger partial charge in [0.15, 0.2) is 0 Å². The molecule has 0 unspecified atom stereocenters. The summed E-state index contributed by atoms with van der Waals surface area (Å²) < 4.78 is 0. The van der Waals surface area contributed by atoms with Crippen molar-refractivity contribution >= 4 is 0 Å². The fraction of sp³-hybridized carbons (Fsp3) is 0.556. The van der Waals surface area contributed by atoms with Crippen molar-refractivity contribution in [3.05, 3.63) is 48.6 Å². The van der Waals surface area contributed by atoms with E-state index in [1.807, 2.05) is 0 Å². The molecule has 0 aliphatic carbocycles. The van der Waals surface area contributed by atoms with Crippen LogP contribution in [0.3, 0.4) is 0 Å². The summed E-state index contributed by atoms with van der Waals surface area (Å²) in [6.45, 7) is 2.99. The summed E-state index contributed by atoms with van der Waals surface area (Å²) in [6.07, 6.45) is 27.1. The number of hydrogen-bond donors (Lipinski definition) is 1. The van der Waals surface area contributed by atoms with Crippen molar-refractivity contribution in [2.45, 2.75) is 58.3 Å². The van der Waals surface area contributed by atoms with Gasteiger partial charge >= 0.3 is 0 Å². The molecule has 19 heavy (non-hydrogen) atoms. The van der Waals surface area contributed by atoms with Crippen LogP contribution in [0.4, 0.5) is 0 Å². The van der Waals surface area contributed by atoms with E-state index in [0.29, 0.717) is 0 Å². The molecule has 1 nitrogen and oxygen atoms in total. The van der Waals surface area contributed by atoms with Gasteiger partial charge in [0.25, 0.3) is 0 Å². The van der Waals surface area contributed by atoms with Crippen LogP contribution in [-0.4, -0.2) is 6.54 Å². The molecule has 0 bridgehead atoms. The molecule has 0 aromatic heterocycles. The van der Waals surface area contributed by atoms with Crippen LogP contribution in [-0.2, 0) is 0 Å². The molecule has 0 aromatic rings. The zero-order chi connectivity index (χ0) is 14.0.